The molecule has 0 aromatic heterocycles. The summed E-state index contributed by atoms with van der Waals surface area (Å²) in [5.74, 6) is 0.132. The minimum absolute atomic E-state index is 0.132. The molecule has 4 rings (SSSR count). The van der Waals surface area contributed by atoms with Crippen LogP contribution >= 0.6 is 15.9 Å². The van der Waals surface area contributed by atoms with E-state index in [9.17, 15) is 9.90 Å². The van der Waals surface area contributed by atoms with Crippen molar-refractivity contribution in [2.75, 3.05) is 0 Å². The van der Waals surface area contributed by atoms with E-state index >= 15 is 0 Å². The van der Waals surface area contributed by atoms with Crippen molar-refractivity contribution < 1.29 is 9.90 Å². The van der Waals surface area contributed by atoms with Gasteiger partial charge >= 0.3 is 0 Å². The first-order valence-corrected chi connectivity index (χ1v) is 10.7. The summed E-state index contributed by atoms with van der Waals surface area (Å²) in [6.45, 7) is 1.95. The average Bonchev–Trinajstić information content (AvgIpc) is 2.68. The topological polar surface area (TPSA) is 37.3 Å². The Balaban J connectivity index is 1.81. The van der Waals surface area contributed by atoms with Gasteiger partial charge in [0.25, 0.3) is 0 Å². The SMILES string of the molecule is CC1=C2CCC[C@H](O)[C@@]2(Cc2ccccc2)CC(=Cc2cccc(Br)c2)C1=O. The molecule has 0 saturated heterocycles. The van der Waals surface area contributed by atoms with Gasteiger partial charge in [-0.1, -0.05) is 64.0 Å². The van der Waals surface area contributed by atoms with E-state index in [1.165, 1.54) is 11.1 Å². The van der Waals surface area contributed by atoms with Crippen LogP contribution in [0.2, 0.25) is 0 Å². The molecule has 2 atom stereocenters. The molecule has 0 aliphatic heterocycles. The highest BCUT2D eigenvalue weighted by Gasteiger charge is 2.48. The van der Waals surface area contributed by atoms with Crippen molar-refractivity contribution in [3.05, 3.63) is 86.9 Å². The van der Waals surface area contributed by atoms with Crippen molar-refractivity contribution in [3.8, 4) is 0 Å². The second-order valence-corrected chi connectivity index (χ2v) is 8.98. The summed E-state index contributed by atoms with van der Waals surface area (Å²) < 4.78 is 0.995. The number of Topliss-reactive ketones (excluding diaryl/α,β-unsaturated/α-hetero) is 1. The Kier molecular flexibility index (Phi) is 5.39. The van der Waals surface area contributed by atoms with Crippen LogP contribution in [0, 0.1) is 5.41 Å². The van der Waals surface area contributed by atoms with Gasteiger partial charge in [0, 0.05) is 15.5 Å². The Morgan fingerprint density at radius 3 is 2.71 bits per heavy atom. The Hall–Kier alpha value is -1.97. The molecule has 2 aromatic carbocycles. The van der Waals surface area contributed by atoms with Crippen molar-refractivity contribution in [2.24, 2.45) is 5.41 Å². The van der Waals surface area contributed by atoms with Crippen LogP contribution in [0.25, 0.3) is 6.08 Å². The first kappa shape index (κ1) is 19.4. The Morgan fingerprint density at radius 1 is 1.18 bits per heavy atom. The Labute approximate surface area is 175 Å². The number of benzene rings is 2. The van der Waals surface area contributed by atoms with E-state index in [0.29, 0.717) is 6.42 Å². The van der Waals surface area contributed by atoms with Crippen molar-refractivity contribution in [1.29, 1.82) is 0 Å². The van der Waals surface area contributed by atoms with Crippen molar-refractivity contribution in [3.63, 3.8) is 0 Å². The monoisotopic (exact) mass is 436 g/mol. The third-order valence-corrected chi connectivity index (χ3v) is 6.78. The zero-order valence-corrected chi connectivity index (χ0v) is 17.7. The van der Waals surface area contributed by atoms with Crippen LogP contribution in [0.4, 0.5) is 0 Å². The van der Waals surface area contributed by atoms with Gasteiger partial charge in [0.1, 0.15) is 0 Å². The fourth-order valence-corrected chi connectivity index (χ4v) is 5.36. The van der Waals surface area contributed by atoms with Gasteiger partial charge in [-0.15, -0.1) is 0 Å². The maximum atomic E-state index is 13.2. The fourth-order valence-electron chi connectivity index (χ4n) is 4.94. The standard InChI is InChI=1S/C25H25BrO2/c1-17-22-11-6-12-23(27)25(22,15-18-7-3-2-4-8-18)16-20(24(17)28)13-19-9-5-10-21(26)14-19/h2-5,7-10,13-14,23,27H,6,11-12,15-16H2,1H3/t23-,25-/m0/s1. The highest BCUT2D eigenvalue weighted by Crippen LogP contribution is 2.52. The number of aliphatic hydroxyl groups is 1. The van der Waals surface area contributed by atoms with Crippen LogP contribution < -0.4 is 0 Å². The maximum absolute atomic E-state index is 13.2. The number of aliphatic hydroxyl groups excluding tert-OH is 1. The molecule has 3 heteroatoms. The molecule has 1 saturated carbocycles. The van der Waals surface area contributed by atoms with E-state index in [1.54, 1.807) is 0 Å². The van der Waals surface area contributed by atoms with E-state index in [4.69, 9.17) is 0 Å². The number of carbonyl (C=O) groups excluding carboxylic acids is 1. The third kappa shape index (κ3) is 3.54. The molecule has 144 valence electrons. The predicted molar refractivity (Wildman–Crippen MR) is 117 cm³/mol. The highest BCUT2D eigenvalue weighted by atomic mass is 79.9. The van der Waals surface area contributed by atoms with Crippen molar-refractivity contribution in [2.45, 2.75) is 45.1 Å². The van der Waals surface area contributed by atoms with E-state index < -0.39 is 6.10 Å². The van der Waals surface area contributed by atoms with Gasteiger partial charge in [-0.2, -0.15) is 0 Å². The molecule has 1 fully saturated rings. The largest absolute Gasteiger partial charge is 0.392 e. The van der Waals surface area contributed by atoms with Gasteiger partial charge in [-0.3, -0.25) is 4.79 Å². The summed E-state index contributed by atoms with van der Waals surface area (Å²) in [7, 11) is 0. The first-order valence-electron chi connectivity index (χ1n) is 9.93. The summed E-state index contributed by atoms with van der Waals surface area (Å²) >= 11 is 3.51. The predicted octanol–water partition coefficient (Wildman–Crippen LogP) is 5.90. The minimum Gasteiger partial charge on any atom is -0.392 e. The lowest BCUT2D eigenvalue weighted by Crippen LogP contribution is -2.46. The van der Waals surface area contributed by atoms with Crippen molar-refractivity contribution >= 4 is 27.8 Å². The summed E-state index contributed by atoms with van der Waals surface area (Å²) in [5, 5.41) is 11.2. The van der Waals surface area contributed by atoms with Gasteiger partial charge in [0.05, 0.1) is 6.10 Å². The third-order valence-electron chi connectivity index (χ3n) is 6.29. The Bertz CT molecular complexity index is 958. The van der Waals surface area contributed by atoms with Crippen LogP contribution in [0.15, 0.2) is 75.8 Å². The second-order valence-electron chi connectivity index (χ2n) is 8.06. The fraction of sp³-hybridized carbons (Fsp3) is 0.320. The van der Waals surface area contributed by atoms with E-state index in [1.807, 2.05) is 55.5 Å². The van der Waals surface area contributed by atoms with Crippen molar-refractivity contribution in [1.82, 2.24) is 0 Å². The van der Waals surface area contributed by atoms with Crippen LogP contribution in [0.3, 0.4) is 0 Å². The summed E-state index contributed by atoms with van der Waals surface area (Å²) in [6, 6.07) is 18.4. The minimum atomic E-state index is -0.426. The normalized spacial score (nSPS) is 26.5. The molecular weight excluding hydrogens is 412 g/mol. The molecule has 0 amide bonds. The molecule has 2 aliphatic rings. The lowest BCUT2D eigenvalue weighted by molar-refractivity contribution is -0.113. The molecular formula is C25H25BrO2. The van der Waals surface area contributed by atoms with Crippen LogP contribution in [-0.4, -0.2) is 17.0 Å². The van der Waals surface area contributed by atoms with E-state index in [2.05, 4.69) is 28.1 Å². The number of hydrogen-bond acceptors (Lipinski definition) is 2. The number of fused-ring (bicyclic) bond motifs is 1. The zero-order chi connectivity index (χ0) is 19.7. The van der Waals surface area contributed by atoms with Crippen LogP contribution in [-0.2, 0) is 11.2 Å². The number of hydrogen-bond donors (Lipinski definition) is 1. The molecule has 0 spiro atoms. The molecule has 0 radical (unpaired) electrons. The van der Waals surface area contributed by atoms with Gasteiger partial charge in [0.2, 0.25) is 0 Å². The smallest absolute Gasteiger partial charge is 0.184 e. The molecule has 2 aromatic rings. The Morgan fingerprint density at radius 2 is 1.96 bits per heavy atom. The summed E-state index contributed by atoms with van der Waals surface area (Å²) in [4.78, 5) is 13.2. The summed E-state index contributed by atoms with van der Waals surface area (Å²) in [6.07, 6.45) is 5.59. The van der Waals surface area contributed by atoms with Crippen LogP contribution in [0.1, 0.15) is 43.7 Å². The van der Waals surface area contributed by atoms with Gasteiger partial charge in [0.15, 0.2) is 5.78 Å². The second kappa shape index (κ2) is 7.81. The van der Waals surface area contributed by atoms with Crippen LogP contribution in [0.5, 0.6) is 0 Å². The molecule has 2 nitrogen and oxygen atoms in total. The van der Waals surface area contributed by atoms with Gasteiger partial charge in [-0.05, 0) is 73.9 Å². The van der Waals surface area contributed by atoms with E-state index in [0.717, 1.165) is 46.9 Å². The number of halogens is 1. The maximum Gasteiger partial charge on any atom is 0.184 e. The highest BCUT2D eigenvalue weighted by molar-refractivity contribution is 9.10. The molecule has 1 N–H and O–H groups in total. The van der Waals surface area contributed by atoms with Gasteiger partial charge < -0.3 is 5.11 Å². The molecule has 0 bridgehead atoms. The number of rotatable bonds is 3. The van der Waals surface area contributed by atoms with E-state index in [-0.39, 0.29) is 11.2 Å². The molecule has 2 aliphatic carbocycles. The average molecular weight is 437 g/mol. The lowest BCUT2D eigenvalue weighted by Gasteiger charge is -2.48. The molecule has 0 unspecified atom stereocenters. The zero-order valence-electron chi connectivity index (χ0n) is 16.1. The summed E-state index contributed by atoms with van der Waals surface area (Å²) in [5.41, 5.74) is 4.65. The number of carbonyl (C=O) groups is 1. The number of ketones is 1. The number of allylic oxidation sites excluding steroid dienone is 2. The van der Waals surface area contributed by atoms with Gasteiger partial charge in [-0.25, -0.2) is 0 Å². The molecule has 0 heterocycles. The molecule has 28 heavy (non-hydrogen) atoms. The lowest BCUT2D eigenvalue weighted by atomic mass is 9.57. The first-order chi connectivity index (χ1) is 13.5. The quantitative estimate of drug-likeness (QED) is 0.608.